The maximum Gasteiger partial charge on any atom is 1.00 e. The Bertz CT molecular complexity index is 760. The molecule has 0 radical (unpaired) electrons. The smallest absolute Gasteiger partial charge is 0.357 e. The van der Waals surface area contributed by atoms with Crippen molar-refractivity contribution in [2.75, 3.05) is 37.9 Å². The molecule has 12 heteroatoms. The van der Waals surface area contributed by atoms with Gasteiger partial charge in [-0.25, -0.2) is 0 Å². The predicted molar refractivity (Wildman–Crippen MR) is 143 cm³/mol. The summed E-state index contributed by atoms with van der Waals surface area (Å²) in [5.74, 6) is -0.712. The standard InChI is InChI=1S/C24H49N3O6S2.Na/c1-2-3-4-5-6-7-8-9-10-11-12-13-14-15-16-17-24-25-18-19-27(24)21-20-26(22-34(28,29)30)23-35(31,32)33;/h2-23H2,1H3,(H,28,29,30)(H,31,32,33);/q;+1. The summed E-state index contributed by atoms with van der Waals surface area (Å²) < 4.78 is 62.7. The van der Waals surface area contributed by atoms with Gasteiger partial charge in [-0.2, -0.15) is 16.8 Å². The van der Waals surface area contributed by atoms with Gasteiger partial charge in [-0.3, -0.25) is 19.0 Å². The van der Waals surface area contributed by atoms with Crippen LogP contribution in [0.1, 0.15) is 110 Å². The van der Waals surface area contributed by atoms with Crippen molar-refractivity contribution < 1.29 is 55.5 Å². The number of hydrogen-bond acceptors (Lipinski definition) is 7. The predicted octanol–water partition coefficient (Wildman–Crippen LogP) is 1.96. The molecule has 9 nitrogen and oxygen atoms in total. The summed E-state index contributed by atoms with van der Waals surface area (Å²) in [6.45, 7) is 4.11. The first-order valence-corrected chi connectivity index (χ1v) is 16.7. The fourth-order valence-corrected chi connectivity index (χ4v) is 6.03. The molecule has 36 heavy (non-hydrogen) atoms. The molecule has 0 fully saturated rings. The SMILES string of the molecule is CCCCCCCCCCCCCCCCCC1=NCCN1CCN(CS(=O)(=O)O)CS(=O)(=O)O.[Na+]. The molecule has 0 atom stereocenters. The zero-order chi connectivity index (χ0) is 26.0. The number of nitrogens with zero attached hydrogens (tertiary/aromatic N) is 3. The number of amidine groups is 1. The third-order valence-electron chi connectivity index (χ3n) is 6.41. The zero-order valence-corrected chi connectivity index (χ0v) is 26.4. The first kappa shape index (κ1) is 36.2. The van der Waals surface area contributed by atoms with Gasteiger partial charge < -0.3 is 4.90 Å². The van der Waals surface area contributed by atoms with Crippen molar-refractivity contribution in [3.05, 3.63) is 0 Å². The molecule has 0 spiro atoms. The van der Waals surface area contributed by atoms with Crippen molar-refractivity contribution in [1.82, 2.24) is 9.80 Å². The van der Waals surface area contributed by atoms with Gasteiger partial charge in [0, 0.05) is 26.1 Å². The van der Waals surface area contributed by atoms with E-state index in [4.69, 9.17) is 9.11 Å². The fraction of sp³-hybridized carbons (Fsp3) is 0.958. The number of unbranched alkanes of at least 4 members (excludes halogenated alkanes) is 14. The monoisotopic (exact) mass is 562 g/mol. The van der Waals surface area contributed by atoms with Gasteiger partial charge in [0.25, 0.3) is 20.2 Å². The zero-order valence-electron chi connectivity index (χ0n) is 22.7. The van der Waals surface area contributed by atoms with Crippen molar-refractivity contribution in [3.8, 4) is 0 Å². The Labute approximate surface area is 242 Å². The number of hydrogen-bond donors (Lipinski definition) is 2. The quantitative estimate of drug-likeness (QED) is 0.110. The second kappa shape index (κ2) is 21.1. The maximum atomic E-state index is 11.2. The molecule has 0 bridgehead atoms. The van der Waals surface area contributed by atoms with Crippen LogP contribution in [0, 0.1) is 0 Å². The molecule has 0 aromatic rings. The summed E-state index contributed by atoms with van der Waals surface area (Å²) in [6.07, 6.45) is 20.6. The van der Waals surface area contributed by atoms with E-state index in [-0.39, 0.29) is 36.1 Å². The van der Waals surface area contributed by atoms with Crippen LogP contribution in [-0.2, 0) is 20.2 Å². The van der Waals surface area contributed by atoms with E-state index in [0.29, 0.717) is 19.6 Å². The second-order valence-corrected chi connectivity index (χ2v) is 12.6. The Morgan fingerprint density at radius 3 is 1.58 bits per heavy atom. The maximum absolute atomic E-state index is 11.2. The van der Waals surface area contributed by atoms with E-state index in [1.165, 1.54) is 83.5 Å². The first-order chi connectivity index (χ1) is 16.6. The fourth-order valence-electron chi connectivity index (χ4n) is 4.55. The molecule has 208 valence electrons. The molecule has 2 N–H and O–H groups in total. The summed E-state index contributed by atoms with van der Waals surface area (Å²) >= 11 is 0. The van der Waals surface area contributed by atoms with Crippen molar-refractivity contribution >= 4 is 26.1 Å². The third kappa shape index (κ3) is 21.2. The van der Waals surface area contributed by atoms with Crippen LogP contribution < -0.4 is 29.6 Å². The molecule has 0 aromatic heterocycles. The first-order valence-electron chi connectivity index (χ1n) is 13.5. The van der Waals surface area contributed by atoms with Gasteiger partial charge in [0.1, 0.15) is 11.8 Å². The van der Waals surface area contributed by atoms with Crippen molar-refractivity contribution in [1.29, 1.82) is 0 Å². The van der Waals surface area contributed by atoms with Gasteiger partial charge in [0.15, 0.2) is 0 Å². The van der Waals surface area contributed by atoms with Crippen LogP contribution >= 0.6 is 0 Å². The minimum atomic E-state index is -4.39. The Morgan fingerprint density at radius 1 is 0.750 bits per heavy atom. The normalized spacial score (nSPS) is 14.3. The molecule has 1 heterocycles. The van der Waals surface area contributed by atoms with Gasteiger partial charge >= 0.3 is 29.6 Å². The van der Waals surface area contributed by atoms with E-state index in [1.54, 1.807) is 0 Å². The Balaban J connectivity index is 0.0000122. The van der Waals surface area contributed by atoms with Crippen LogP contribution in [0.25, 0.3) is 0 Å². The van der Waals surface area contributed by atoms with Crippen LogP contribution in [0.4, 0.5) is 0 Å². The largest absolute Gasteiger partial charge is 1.00 e. The van der Waals surface area contributed by atoms with Crippen LogP contribution in [0.3, 0.4) is 0 Å². The average Bonchev–Trinajstić information content (AvgIpc) is 3.20. The Morgan fingerprint density at radius 2 is 1.17 bits per heavy atom. The van der Waals surface area contributed by atoms with Crippen molar-refractivity contribution in [3.63, 3.8) is 0 Å². The molecule has 0 saturated heterocycles. The van der Waals surface area contributed by atoms with Crippen LogP contribution in [0.5, 0.6) is 0 Å². The van der Waals surface area contributed by atoms with E-state index in [2.05, 4.69) is 11.9 Å². The Kier molecular flexibility index (Phi) is 21.3. The summed E-state index contributed by atoms with van der Waals surface area (Å²) in [5.41, 5.74) is 0. The Hall–Kier alpha value is 0.250. The van der Waals surface area contributed by atoms with Crippen molar-refractivity contribution in [2.24, 2.45) is 4.99 Å². The minimum Gasteiger partial charge on any atom is -0.357 e. The molecule has 0 saturated carbocycles. The molecular formula is C24H49N3NaO6S2+. The molecule has 0 unspecified atom stereocenters. The molecule has 0 aliphatic carbocycles. The molecule has 0 amide bonds. The average molecular weight is 563 g/mol. The van der Waals surface area contributed by atoms with E-state index in [1.807, 2.05) is 4.90 Å². The summed E-state index contributed by atoms with van der Waals surface area (Å²) in [5, 5.41) is 0. The summed E-state index contributed by atoms with van der Waals surface area (Å²) in [6, 6.07) is 0. The van der Waals surface area contributed by atoms with Crippen LogP contribution in [-0.4, -0.2) is 79.5 Å². The van der Waals surface area contributed by atoms with Crippen LogP contribution in [0.2, 0.25) is 0 Å². The third-order valence-corrected chi connectivity index (χ3v) is 7.79. The minimum absolute atomic E-state index is 0. The van der Waals surface area contributed by atoms with Crippen molar-refractivity contribution in [2.45, 2.75) is 110 Å². The van der Waals surface area contributed by atoms with Gasteiger partial charge in [-0.15, -0.1) is 0 Å². The van der Waals surface area contributed by atoms with Gasteiger partial charge in [0.05, 0.1) is 12.4 Å². The molecular weight excluding hydrogens is 513 g/mol. The number of aliphatic imine (C=N–C) groups is 1. The van der Waals surface area contributed by atoms with Gasteiger partial charge in [0.2, 0.25) is 0 Å². The molecule has 1 aliphatic heterocycles. The molecule has 1 rings (SSSR count). The van der Waals surface area contributed by atoms with E-state index in [0.717, 1.165) is 30.0 Å². The second-order valence-electron chi connectivity index (χ2n) is 9.80. The number of rotatable bonds is 23. The molecule has 1 aliphatic rings. The van der Waals surface area contributed by atoms with E-state index in [9.17, 15) is 16.8 Å². The van der Waals surface area contributed by atoms with Gasteiger partial charge in [-0.05, 0) is 6.42 Å². The van der Waals surface area contributed by atoms with E-state index >= 15 is 0 Å². The van der Waals surface area contributed by atoms with Crippen LogP contribution in [0.15, 0.2) is 4.99 Å². The summed E-state index contributed by atoms with van der Waals surface area (Å²) in [4.78, 5) is 7.58. The topological polar surface area (TPSA) is 128 Å². The van der Waals surface area contributed by atoms with E-state index < -0.39 is 32.0 Å². The summed E-state index contributed by atoms with van der Waals surface area (Å²) in [7, 11) is -8.78. The molecule has 0 aromatic carbocycles. The van der Waals surface area contributed by atoms with Gasteiger partial charge in [-0.1, -0.05) is 96.8 Å².